The van der Waals surface area contributed by atoms with Crippen LogP contribution in [0.1, 0.15) is 49.6 Å². The fourth-order valence-electron chi connectivity index (χ4n) is 2.41. The highest BCUT2D eigenvalue weighted by Gasteiger charge is 2.21. The average molecular weight is 259 g/mol. The zero-order valence-electron chi connectivity index (χ0n) is 10.7. The summed E-state index contributed by atoms with van der Waals surface area (Å²) < 4.78 is 5.66. The molecule has 0 aromatic carbocycles. The average Bonchev–Trinajstić information content (AvgIpc) is 2.96. The van der Waals surface area contributed by atoms with E-state index in [9.17, 15) is 0 Å². The standard InChI is InChI=1S/C13H17N5O/c1-2-4-10(5-3-1)12-17-18-13(19-12)16-9-11-8-14-6-7-15-11/h6-8,10H,1-5,9H2,(H,16,18). The Morgan fingerprint density at radius 3 is 2.84 bits per heavy atom. The Hall–Kier alpha value is -1.98. The Balaban J connectivity index is 1.58. The summed E-state index contributed by atoms with van der Waals surface area (Å²) in [6, 6.07) is 0.464. The van der Waals surface area contributed by atoms with Crippen LogP contribution in [0.4, 0.5) is 6.01 Å². The predicted molar refractivity (Wildman–Crippen MR) is 69.5 cm³/mol. The van der Waals surface area contributed by atoms with Crippen LogP contribution in [0, 0.1) is 0 Å². The third-order valence-corrected chi connectivity index (χ3v) is 3.43. The SMILES string of the molecule is c1cnc(CNc2nnc(C3CCCCC3)o2)cn1. The van der Waals surface area contributed by atoms with Gasteiger partial charge in [-0.2, -0.15) is 0 Å². The quantitative estimate of drug-likeness (QED) is 0.909. The molecule has 1 aliphatic carbocycles. The first-order valence-corrected chi connectivity index (χ1v) is 6.74. The van der Waals surface area contributed by atoms with Gasteiger partial charge < -0.3 is 9.73 Å². The van der Waals surface area contributed by atoms with Gasteiger partial charge in [-0.1, -0.05) is 24.4 Å². The maximum absolute atomic E-state index is 5.66. The lowest BCUT2D eigenvalue weighted by molar-refractivity contribution is 0.367. The van der Waals surface area contributed by atoms with Crippen molar-refractivity contribution in [1.29, 1.82) is 0 Å². The molecule has 0 spiro atoms. The Morgan fingerprint density at radius 1 is 1.16 bits per heavy atom. The summed E-state index contributed by atoms with van der Waals surface area (Å²) in [7, 11) is 0. The normalized spacial score (nSPS) is 16.4. The van der Waals surface area contributed by atoms with Crippen molar-refractivity contribution in [2.75, 3.05) is 5.32 Å². The third-order valence-electron chi connectivity index (χ3n) is 3.43. The Bertz CT molecular complexity index is 507. The van der Waals surface area contributed by atoms with Gasteiger partial charge in [0.25, 0.3) is 0 Å². The number of anilines is 1. The first kappa shape index (κ1) is 12.1. The minimum atomic E-state index is 0.438. The lowest BCUT2D eigenvalue weighted by Gasteiger charge is -2.17. The second kappa shape index (κ2) is 5.77. The highest BCUT2D eigenvalue weighted by Crippen LogP contribution is 2.32. The number of rotatable bonds is 4. The van der Waals surface area contributed by atoms with E-state index in [0.717, 1.165) is 24.4 Å². The van der Waals surface area contributed by atoms with Crippen molar-refractivity contribution in [3.63, 3.8) is 0 Å². The molecule has 0 amide bonds. The minimum absolute atomic E-state index is 0.438. The molecule has 0 bridgehead atoms. The van der Waals surface area contributed by atoms with Gasteiger partial charge in [-0.3, -0.25) is 9.97 Å². The molecule has 19 heavy (non-hydrogen) atoms. The first-order valence-electron chi connectivity index (χ1n) is 6.74. The van der Waals surface area contributed by atoms with E-state index < -0.39 is 0 Å². The van der Waals surface area contributed by atoms with E-state index in [1.54, 1.807) is 18.6 Å². The fraction of sp³-hybridized carbons (Fsp3) is 0.538. The number of nitrogens with zero attached hydrogens (tertiary/aromatic N) is 4. The predicted octanol–water partition coefficient (Wildman–Crippen LogP) is 2.52. The summed E-state index contributed by atoms with van der Waals surface area (Å²) >= 11 is 0. The molecule has 3 rings (SSSR count). The van der Waals surface area contributed by atoms with Gasteiger partial charge in [-0.05, 0) is 12.8 Å². The van der Waals surface area contributed by atoms with E-state index in [0.29, 0.717) is 18.5 Å². The molecule has 1 saturated carbocycles. The molecule has 0 radical (unpaired) electrons. The van der Waals surface area contributed by atoms with Crippen LogP contribution < -0.4 is 5.32 Å². The summed E-state index contributed by atoms with van der Waals surface area (Å²) in [5, 5.41) is 11.2. The number of hydrogen-bond acceptors (Lipinski definition) is 6. The van der Waals surface area contributed by atoms with Gasteiger partial charge in [-0.15, -0.1) is 5.10 Å². The van der Waals surface area contributed by atoms with E-state index >= 15 is 0 Å². The number of hydrogen-bond donors (Lipinski definition) is 1. The minimum Gasteiger partial charge on any atom is -0.408 e. The van der Waals surface area contributed by atoms with E-state index in [1.165, 1.54) is 19.3 Å². The molecule has 100 valence electrons. The van der Waals surface area contributed by atoms with Gasteiger partial charge in [-0.25, -0.2) is 0 Å². The number of nitrogens with one attached hydrogen (secondary N) is 1. The highest BCUT2D eigenvalue weighted by molar-refractivity contribution is 5.19. The van der Waals surface area contributed by atoms with Crippen molar-refractivity contribution in [3.05, 3.63) is 30.2 Å². The molecule has 1 fully saturated rings. The second-order valence-electron chi connectivity index (χ2n) is 4.83. The smallest absolute Gasteiger partial charge is 0.315 e. The van der Waals surface area contributed by atoms with Gasteiger partial charge in [0.2, 0.25) is 5.89 Å². The molecule has 1 aliphatic rings. The van der Waals surface area contributed by atoms with Crippen molar-refractivity contribution >= 4 is 6.01 Å². The van der Waals surface area contributed by atoms with Crippen LogP contribution in [0.2, 0.25) is 0 Å². The van der Waals surface area contributed by atoms with E-state index in [1.807, 2.05) is 0 Å². The zero-order valence-corrected chi connectivity index (χ0v) is 10.7. The molecular weight excluding hydrogens is 242 g/mol. The van der Waals surface area contributed by atoms with Gasteiger partial charge in [0.05, 0.1) is 18.4 Å². The fourth-order valence-corrected chi connectivity index (χ4v) is 2.41. The highest BCUT2D eigenvalue weighted by atomic mass is 16.4. The van der Waals surface area contributed by atoms with Crippen LogP contribution >= 0.6 is 0 Å². The maximum atomic E-state index is 5.66. The van der Waals surface area contributed by atoms with Crippen molar-refractivity contribution < 1.29 is 4.42 Å². The Kier molecular flexibility index (Phi) is 3.67. The molecule has 1 N–H and O–H groups in total. The largest absolute Gasteiger partial charge is 0.408 e. The van der Waals surface area contributed by atoms with Crippen molar-refractivity contribution in [3.8, 4) is 0 Å². The van der Waals surface area contributed by atoms with Gasteiger partial charge >= 0.3 is 6.01 Å². The molecule has 6 nitrogen and oxygen atoms in total. The van der Waals surface area contributed by atoms with Crippen LogP contribution in [0.3, 0.4) is 0 Å². The van der Waals surface area contributed by atoms with Crippen LogP contribution in [0.15, 0.2) is 23.0 Å². The summed E-state index contributed by atoms with van der Waals surface area (Å²) in [6.45, 7) is 0.542. The molecule has 2 aromatic rings. The van der Waals surface area contributed by atoms with Crippen molar-refractivity contribution in [2.45, 2.75) is 44.6 Å². The third kappa shape index (κ3) is 3.07. The summed E-state index contributed by atoms with van der Waals surface area (Å²) in [6.07, 6.45) is 11.2. The maximum Gasteiger partial charge on any atom is 0.315 e. The van der Waals surface area contributed by atoms with E-state index in [-0.39, 0.29) is 0 Å². The zero-order chi connectivity index (χ0) is 12.9. The molecule has 0 saturated heterocycles. The Morgan fingerprint density at radius 2 is 2.05 bits per heavy atom. The van der Waals surface area contributed by atoms with Gasteiger partial charge in [0.15, 0.2) is 0 Å². The summed E-state index contributed by atoms with van der Waals surface area (Å²) in [5.41, 5.74) is 0.847. The van der Waals surface area contributed by atoms with E-state index in [4.69, 9.17) is 4.42 Å². The molecule has 6 heteroatoms. The van der Waals surface area contributed by atoms with Gasteiger partial charge in [0, 0.05) is 18.3 Å². The topological polar surface area (TPSA) is 76.7 Å². The molecule has 2 heterocycles. The Labute approximate surface area is 111 Å². The lowest BCUT2D eigenvalue weighted by atomic mass is 9.89. The molecular formula is C13H17N5O. The lowest BCUT2D eigenvalue weighted by Crippen LogP contribution is -2.04. The van der Waals surface area contributed by atoms with Crippen LogP contribution in [-0.4, -0.2) is 20.2 Å². The monoisotopic (exact) mass is 259 g/mol. The molecule has 0 aliphatic heterocycles. The summed E-state index contributed by atoms with van der Waals surface area (Å²) in [5.74, 6) is 1.20. The molecule has 0 unspecified atom stereocenters. The van der Waals surface area contributed by atoms with Crippen LogP contribution in [-0.2, 0) is 6.54 Å². The van der Waals surface area contributed by atoms with Crippen LogP contribution in [0.25, 0.3) is 0 Å². The van der Waals surface area contributed by atoms with Crippen molar-refractivity contribution in [1.82, 2.24) is 20.2 Å². The number of aromatic nitrogens is 4. The first-order chi connectivity index (χ1) is 9.42. The van der Waals surface area contributed by atoms with Crippen LogP contribution in [0.5, 0.6) is 0 Å². The summed E-state index contributed by atoms with van der Waals surface area (Å²) in [4.78, 5) is 8.18. The second-order valence-corrected chi connectivity index (χ2v) is 4.83. The molecule has 0 atom stereocenters. The molecule has 2 aromatic heterocycles. The van der Waals surface area contributed by atoms with E-state index in [2.05, 4.69) is 25.5 Å². The van der Waals surface area contributed by atoms with Gasteiger partial charge in [0.1, 0.15) is 0 Å². The van der Waals surface area contributed by atoms with Crippen molar-refractivity contribution in [2.24, 2.45) is 0 Å².